The van der Waals surface area contributed by atoms with E-state index in [1.165, 1.54) is 0 Å². The van der Waals surface area contributed by atoms with Gasteiger partial charge in [0.2, 0.25) is 0 Å². The number of aliphatic carboxylic acids is 1. The first kappa shape index (κ1) is 14.8. The van der Waals surface area contributed by atoms with Gasteiger partial charge in [0.15, 0.2) is 0 Å². The summed E-state index contributed by atoms with van der Waals surface area (Å²) in [6.45, 7) is 6.71. The molecule has 2 atom stereocenters. The number of nitrogens with zero attached hydrogens (tertiary/aromatic N) is 1. The van der Waals surface area contributed by atoms with Crippen molar-refractivity contribution in [2.45, 2.75) is 32.7 Å². The van der Waals surface area contributed by atoms with E-state index in [4.69, 9.17) is 5.11 Å². The molecule has 0 aromatic heterocycles. The molecule has 1 rings (SSSR count). The third kappa shape index (κ3) is 4.18. The van der Waals surface area contributed by atoms with Crippen molar-refractivity contribution in [3.8, 4) is 0 Å². The number of urea groups is 1. The fraction of sp³-hybridized carbons (Fsp3) is 0.833. The Labute approximate surface area is 108 Å². The Kier molecular flexibility index (Phi) is 5.91. The van der Waals surface area contributed by atoms with E-state index in [9.17, 15) is 9.59 Å². The minimum atomic E-state index is -0.967. The number of carboxylic acids is 1. The number of carboxylic acid groups (broad SMARTS) is 1. The van der Waals surface area contributed by atoms with Crippen LogP contribution in [0, 0.1) is 5.92 Å². The number of carbonyl (C=O) groups excluding carboxylic acids is 1. The van der Waals surface area contributed by atoms with E-state index in [2.05, 4.69) is 10.6 Å². The van der Waals surface area contributed by atoms with Gasteiger partial charge in [0.05, 0.1) is 0 Å². The van der Waals surface area contributed by atoms with Crippen molar-refractivity contribution in [2.75, 3.05) is 26.2 Å². The maximum Gasteiger partial charge on any atom is 0.326 e. The Morgan fingerprint density at radius 1 is 1.39 bits per heavy atom. The minimum Gasteiger partial charge on any atom is -0.480 e. The molecule has 0 radical (unpaired) electrons. The molecule has 1 fully saturated rings. The normalized spacial score (nSPS) is 19.8. The third-order valence-electron chi connectivity index (χ3n) is 3.39. The van der Waals surface area contributed by atoms with Crippen LogP contribution in [-0.4, -0.2) is 54.2 Å². The smallest absolute Gasteiger partial charge is 0.326 e. The second kappa shape index (κ2) is 7.20. The number of hydrogen-bond donors (Lipinski definition) is 3. The largest absolute Gasteiger partial charge is 0.480 e. The molecule has 1 saturated heterocycles. The molecule has 18 heavy (non-hydrogen) atoms. The fourth-order valence-electron chi connectivity index (χ4n) is 1.96. The maximum absolute atomic E-state index is 12.0. The van der Waals surface area contributed by atoms with Crippen LogP contribution < -0.4 is 10.6 Å². The molecule has 104 valence electrons. The predicted molar refractivity (Wildman–Crippen MR) is 68.5 cm³/mol. The zero-order valence-corrected chi connectivity index (χ0v) is 11.1. The number of hydrogen-bond acceptors (Lipinski definition) is 3. The summed E-state index contributed by atoms with van der Waals surface area (Å²) in [5.41, 5.74) is 0. The van der Waals surface area contributed by atoms with Gasteiger partial charge in [-0.2, -0.15) is 0 Å². The topological polar surface area (TPSA) is 81.7 Å². The van der Waals surface area contributed by atoms with E-state index >= 15 is 0 Å². The Bertz CT molecular complexity index is 288. The molecule has 3 N–H and O–H groups in total. The van der Waals surface area contributed by atoms with Crippen LogP contribution in [-0.2, 0) is 4.79 Å². The van der Waals surface area contributed by atoms with Gasteiger partial charge in [-0.1, -0.05) is 20.3 Å². The molecule has 1 heterocycles. The Balaban J connectivity index is 2.56. The van der Waals surface area contributed by atoms with E-state index in [1.807, 2.05) is 13.8 Å². The first-order chi connectivity index (χ1) is 8.56. The summed E-state index contributed by atoms with van der Waals surface area (Å²) in [6.07, 6.45) is 1.62. The van der Waals surface area contributed by atoms with E-state index < -0.39 is 12.0 Å². The molecule has 1 unspecified atom stereocenters. The summed E-state index contributed by atoms with van der Waals surface area (Å²) in [5.74, 6) is -1.04. The van der Waals surface area contributed by atoms with Gasteiger partial charge < -0.3 is 20.6 Å². The Hall–Kier alpha value is -1.30. The molecule has 1 aliphatic heterocycles. The quantitative estimate of drug-likeness (QED) is 0.684. The molecular formula is C12H23N3O3. The highest BCUT2D eigenvalue weighted by atomic mass is 16.4. The first-order valence-electron chi connectivity index (χ1n) is 6.55. The SMILES string of the molecule is CCC(C)[C@H](NC(=O)N1CCCNCC1)C(=O)O. The molecule has 2 amide bonds. The van der Waals surface area contributed by atoms with Gasteiger partial charge in [0, 0.05) is 19.6 Å². The van der Waals surface area contributed by atoms with Crippen LogP contribution in [0.25, 0.3) is 0 Å². The Morgan fingerprint density at radius 3 is 2.72 bits per heavy atom. The molecule has 0 aromatic rings. The van der Waals surface area contributed by atoms with Gasteiger partial charge in [-0.15, -0.1) is 0 Å². The van der Waals surface area contributed by atoms with Crippen molar-refractivity contribution in [3.63, 3.8) is 0 Å². The van der Waals surface area contributed by atoms with Crippen LogP contribution in [0.5, 0.6) is 0 Å². The average molecular weight is 257 g/mol. The molecule has 6 nitrogen and oxygen atoms in total. The monoisotopic (exact) mass is 257 g/mol. The molecule has 0 aliphatic carbocycles. The molecule has 1 aliphatic rings. The lowest BCUT2D eigenvalue weighted by atomic mass is 9.99. The summed E-state index contributed by atoms with van der Waals surface area (Å²) >= 11 is 0. The number of rotatable bonds is 4. The first-order valence-corrected chi connectivity index (χ1v) is 6.55. The molecule has 0 spiro atoms. The average Bonchev–Trinajstić information content (AvgIpc) is 2.63. The number of amides is 2. The van der Waals surface area contributed by atoms with Crippen LogP contribution in [0.4, 0.5) is 4.79 Å². The second-order valence-corrected chi connectivity index (χ2v) is 4.74. The molecule has 6 heteroatoms. The highest BCUT2D eigenvalue weighted by molar-refractivity contribution is 5.82. The number of carbonyl (C=O) groups is 2. The van der Waals surface area contributed by atoms with Crippen molar-refractivity contribution in [2.24, 2.45) is 5.92 Å². The van der Waals surface area contributed by atoms with Crippen LogP contribution in [0.15, 0.2) is 0 Å². The van der Waals surface area contributed by atoms with Crippen LogP contribution in [0.1, 0.15) is 26.7 Å². The maximum atomic E-state index is 12.0. The summed E-state index contributed by atoms with van der Waals surface area (Å²) in [6, 6.07) is -1.08. The van der Waals surface area contributed by atoms with E-state index in [-0.39, 0.29) is 11.9 Å². The minimum absolute atomic E-state index is 0.0726. The summed E-state index contributed by atoms with van der Waals surface area (Å²) in [7, 11) is 0. The van der Waals surface area contributed by atoms with E-state index in [0.717, 1.165) is 25.9 Å². The van der Waals surface area contributed by atoms with Gasteiger partial charge in [-0.05, 0) is 18.9 Å². The van der Waals surface area contributed by atoms with Crippen molar-refractivity contribution < 1.29 is 14.7 Å². The van der Waals surface area contributed by atoms with E-state index in [0.29, 0.717) is 13.1 Å². The van der Waals surface area contributed by atoms with Crippen LogP contribution >= 0.6 is 0 Å². The summed E-state index contributed by atoms with van der Waals surface area (Å²) < 4.78 is 0. The van der Waals surface area contributed by atoms with E-state index in [1.54, 1.807) is 4.90 Å². The van der Waals surface area contributed by atoms with Gasteiger partial charge >= 0.3 is 12.0 Å². The van der Waals surface area contributed by atoms with Crippen molar-refractivity contribution >= 4 is 12.0 Å². The zero-order chi connectivity index (χ0) is 13.5. The highest BCUT2D eigenvalue weighted by Gasteiger charge is 2.27. The lowest BCUT2D eigenvalue weighted by Crippen LogP contribution is -2.51. The van der Waals surface area contributed by atoms with Gasteiger partial charge in [0.25, 0.3) is 0 Å². The van der Waals surface area contributed by atoms with Crippen molar-refractivity contribution in [1.82, 2.24) is 15.5 Å². The number of nitrogens with one attached hydrogen (secondary N) is 2. The zero-order valence-electron chi connectivity index (χ0n) is 11.1. The van der Waals surface area contributed by atoms with Gasteiger partial charge in [-0.3, -0.25) is 0 Å². The summed E-state index contributed by atoms with van der Waals surface area (Å²) in [4.78, 5) is 24.8. The highest BCUT2D eigenvalue weighted by Crippen LogP contribution is 2.09. The van der Waals surface area contributed by atoms with Gasteiger partial charge in [0.1, 0.15) is 6.04 Å². The third-order valence-corrected chi connectivity index (χ3v) is 3.39. The van der Waals surface area contributed by atoms with Crippen molar-refractivity contribution in [1.29, 1.82) is 0 Å². The molecule has 0 aromatic carbocycles. The second-order valence-electron chi connectivity index (χ2n) is 4.74. The fourth-order valence-corrected chi connectivity index (χ4v) is 1.96. The summed E-state index contributed by atoms with van der Waals surface area (Å²) in [5, 5.41) is 15.0. The predicted octanol–water partition coefficient (Wildman–Crippen LogP) is 0.491. The van der Waals surface area contributed by atoms with Crippen LogP contribution in [0.2, 0.25) is 0 Å². The lowest BCUT2D eigenvalue weighted by Gasteiger charge is -2.25. The molecular weight excluding hydrogens is 234 g/mol. The standard InChI is InChI=1S/C12H23N3O3/c1-3-9(2)10(11(16)17)14-12(18)15-7-4-5-13-6-8-15/h9-10,13H,3-8H2,1-2H3,(H,14,18)(H,16,17)/t9?,10-/m0/s1. The van der Waals surface area contributed by atoms with Crippen LogP contribution in [0.3, 0.4) is 0 Å². The molecule has 0 saturated carbocycles. The Morgan fingerprint density at radius 2 is 2.11 bits per heavy atom. The lowest BCUT2D eigenvalue weighted by molar-refractivity contribution is -0.140. The van der Waals surface area contributed by atoms with Crippen molar-refractivity contribution in [3.05, 3.63) is 0 Å². The molecule has 0 bridgehead atoms. The van der Waals surface area contributed by atoms with Gasteiger partial charge in [-0.25, -0.2) is 9.59 Å².